The quantitative estimate of drug-likeness (QED) is 0.308. The molecule has 1 aliphatic carbocycles. The molecule has 3 nitrogen and oxygen atoms in total. The number of nitrogens with two attached hydrogens (primary N) is 1. The van der Waals surface area contributed by atoms with Gasteiger partial charge >= 0.3 is 5.97 Å². The molecule has 5 aromatic rings. The lowest BCUT2D eigenvalue weighted by Gasteiger charge is -2.32. The van der Waals surface area contributed by atoms with Crippen molar-refractivity contribution in [3.63, 3.8) is 0 Å². The molecule has 0 saturated heterocycles. The van der Waals surface area contributed by atoms with Gasteiger partial charge in [-0.05, 0) is 68.4 Å². The molecule has 5 aromatic carbocycles. The van der Waals surface area contributed by atoms with Crippen molar-refractivity contribution in [2.75, 3.05) is 0 Å². The predicted octanol–water partition coefficient (Wildman–Crippen LogP) is 5.76. The van der Waals surface area contributed by atoms with Gasteiger partial charge in [-0.2, -0.15) is 0 Å². The third-order valence-electron chi connectivity index (χ3n) is 6.47. The number of carbonyl (C=O) groups excluding carboxylic acids is 1. The van der Waals surface area contributed by atoms with Gasteiger partial charge in [-0.3, -0.25) is 0 Å². The van der Waals surface area contributed by atoms with Gasteiger partial charge in [-0.25, -0.2) is 4.79 Å². The lowest BCUT2D eigenvalue weighted by atomic mass is 9.80. The topological polar surface area (TPSA) is 52.3 Å². The summed E-state index contributed by atoms with van der Waals surface area (Å²) in [5.74, 6) is -0.308. The Morgan fingerprint density at radius 1 is 0.833 bits per heavy atom. The fourth-order valence-electron chi connectivity index (χ4n) is 5.07. The maximum absolute atomic E-state index is 12.6. The van der Waals surface area contributed by atoms with Crippen molar-refractivity contribution >= 4 is 38.3 Å². The molecule has 0 amide bonds. The van der Waals surface area contributed by atoms with Crippen LogP contribution in [0.5, 0.6) is 0 Å². The molecule has 146 valence electrons. The third kappa shape index (κ3) is 2.52. The van der Waals surface area contributed by atoms with E-state index in [2.05, 4.69) is 48.5 Å². The molecule has 0 radical (unpaired) electrons. The summed E-state index contributed by atoms with van der Waals surface area (Å²) < 4.78 is 5.87. The van der Waals surface area contributed by atoms with Crippen LogP contribution >= 0.6 is 0 Å². The van der Waals surface area contributed by atoms with Crippen LogP contribution < -0.4 is 5.73 Å². The van der Waals surface area contributed by atoms with E-state index in [9.17, 15) is 4.79 Å². The van der Waals surface area contributed by atoms with Crippen molar-refractivity contribution < 1.29 is 9.53 Å². The van der Waals surface area contributed by atoms with Crippen molar-refractivity contribution in [1.29, 1.82) is 0 Å². The molecular weight excluding hydrogens is 370 g/mol. The third-order valence-corrected chi connectivity index (χ3v) is 6.47. The Morgan fingerprint density at radius 3 is 2.37 bits per heavy atom. The smallest absolute Gasteiger partial charge is 0.338 e. The van der Waals surface area contributed by atoms with Crippen LogP contribution in [0.3, 0.4) is 0 Å². The first-order valence-electron chi connectivity index (χ1n) is 10.4. The molecule has 2 atom stereocenters. The number of carbonyl (C=O) groups is 1. The van der Waals surface area contributed by atoms with Crippen LogP contribution in [0.15, 0.2) is 78.9 Å². The van der Waals surface area contributed by atoms with E-state index in [1.165, 1.54) is 37.9 Å². The minimum absolute atomic E-state index is 0.308. The monoisotopic (exact) mass is 391 g/mol. The fraction of sp³-hybridized carbons (Fsp3) is 0.148. The Kier molecular flexibility index (Phi) is 3.80. The molecule has 1 aliphatic rings. The Hall–Kier alpha value is -3.43. The van der Waals surface area contributed by atoms with Gasteiger partial charge in [0.2, 0.25) is 0 Å². The molecule has 3 heteroatoms. The summed E-state index contributed by atoms with van der Waals surface area (Å²) in [6.07, 6.45) is 1.26. The van der Waals surface area contributed by atoms with Crippen LogP contribution in [0, 0.1) is 0 Å². The van der Waals surface area contributed by atoms with Gasteiger partial charge in [-0.15, -0.1) is 0 Å². The van der Waals surface area contributed by atoms with E-state index in [1.54, 1.807) is 12.1 Å². The zero-order valence-electron chi connectivity index (χ0n) is 16.5. The van der Waals surface area contributed by atoms with E-state index in [1.807, 2.05) is 18.2 Å². The summed E-state index contributed by atoms with van der Waals surface area (Å²) in [5.41, 5.74) is 9.69. The standard InChI is InChI=1S/C27H21NO2/c28-26-22(30-27(29)18-5-2-1-3-6-18)14-12-20-15-19-10-9-16-7-4-8-17-11-13-21(25(20)26)24(19)23(16)17/h1-11,13,15,22,26H,12,14,28H2/t22-,26+/m1/s1. The number of aryl methyl sites for hydroxylation is 1. The van der Waals surface area contributed by atoms with Crippen LogP contribution in [0.2, 0.25) is 0 Å². The van der Waals surface area contributed by atoms with Gasteiger partial charge in [0.1, 0.15) is 6.10 Å². The Balaban J connectivity index is 1.48. The van der Waals surface area contributed by atoms with E-state index in [-0.39, 0.29) is 18.1 Å². The number of rotatable bonds is 2. The number of hydrogen-bond donors (Lipinski definition) is 1. The maximum Gasteiger partial charge on any atom is 0.338 e. The summed E-state index contributed by atoms with van der Waals surface area (Å²) in [4.78, 5) is 12.6. The Morgan fingerprint density at radius 2 is 1.57 bits per heavy atom. The molecule has 0 saturated carbocycles. The highest BCUT2D eigenvalue weighted by Crippen LogP contribution is 2.42. The minimum atomic E-state index is -0.342. The second kappa shape index (κ2) is 6.54. The molecule has 2 N–H and O–H groups in total. The van der Waals surface area contributed by atoms with Crippen molar-refractivity contribution in [1.82, 2.24) is 0 Å². The molecule has 0 aliphatic heterocycles. The molecule has 0 heterocycles. The van der Waals surface area contributed by atoms with E-state index < -0.39 is 0 Å². The van der Waals surface area contributed by atoms with Gasteiger partial charge < -0.3 is 10.5 Å². The van der Waals surface area contributed by atoms with Crippen LogP contribution in [0.1, 0.15) is 33.9 Å². The number of hydrogen-bond acceptors (Lipinski definition) is 3. The minimum Gasteiger partial charge on any atom is -0.457 e. The van der Waals surface area contributed by atoms with Crippen molar-refractivity contribution in [3.05, 3.63) is 95.6 Å². The molecule has 0 unspecified atom stereocenters. The van der Waals surface area contributed by atoms with E-state index in [4.69, 9.17) is 10.5 Å². The lowest BCUT2D eigenvalue weighted by Crippen LogP contribution is -2.35. The first kappa shape index (κ1) is 17.4. The van der Waals surface area contributed by atoms with Crippen LogP contribution in [-0.4, -0.2) is 12.1 Å². The van der Waals surface area contributed by atoms with Gasteiger partial charge in [0, 0.05) is 0 Å². The zero-order chi connectivity index (χ0) is 20.2. The highest BCUT2D eigenvalue weighted by atomic mass is 16.5. The number of ether oxygens (including phenoxy) is 1. The number of esters is 1. The highest BCUT2D eigenvalue weighted by molar-refractivity contribution is 6.23. The summed E-state index contributed by atoms with van der Waals surface area (Å²) >= 11 is 0. The van der Waals surface area contributed by atoms with Crippen LogP contribution in [0.25, 0.3) is 32.3 Å². The predicted molar refractivity (Wildman–Crippen MR) is 121 cm³/mol. The lowest BCUT2D eigenvalue weighted by molar-refractivity contribution is 0.0197. The molecule has 0 fully saturated rings. The van der Waals surface area contributed by atoms with Crippen LogP contribution in [-0.2, 0) is 11.2 Å². The Bertz CT molecular complexity index is 1390. The molecule has 6 rings (SSSR count). The van der Waals surface area contributed by atoms with E-state index in [0.29, 0.717) is 5.56 Å². The van der Waals surface area contributed by atoms with E-state index >= 15 is 0 Å². The summed E-state index contributed by atoms with van der Waals surface area (Å²) in [6.45, 7) is 0. The summed E-state index contributed by atoms with van der Waals surface area (Å²) in [6, 6.07) is 26.2. The SMILES string of the molecule is N[C@@H]1c2c(cc3ccc4cccc5ccc2c3c45)CC[C@H]1OC(=O)c1ccccc1. The van der Waals surface area contributed by atoms with Crippen LogP contribution in [0.4, 0.5) is 0 Å². The molecule has 0 bridgehead atoms. The van der Waals surface area contributed by atoms with Gasteiger partial charge in [-0.1, -0.05) is 66.7 Å². The van der Waals surface area contributed by atoms with Gasteiger partial charge in [0.25, 0.3) is 0 Å². The zero-order valence-corrected chi connectivity index (χ0v) is 16.5. The first-order chi connectivity index (χ1) is 14.7. The molecule has 0 spiro atoms. The maximum atomic E-state index is 12.6. The Labute approximate surface area is 174 Å². The van der Waals surface area contributed by atoms with Gasteiger partial charge in [0.15, 0.2) is 0 Å². The van der Waals surface area contributed by atoms with Crippen molar-refractivity contribution in [2.45, 2.75) is 25.0 Å². The summed E-state index contributed by atoms with van der Waals surface area (Å²) in [5, 5.41) is 7.45. The summed E-state index contributed by atoms with van der Waals surface area (Å²) in [7, 11) is 0. The normalized spacial score (nSPS) is 18.7. The average molecular weight is 391 g/mol. The number of fused-ring (bicyclic) bond motifs is 2. The van der Waals surface area contributed by atoms with Crippen molar-refractivity contribution in [2.24, 2.45) is 5.73 Å². The largest absolute Gasteiger partial charge is 0.457 e. The average Bonchev–Trinajstić information content (AvgIpc) is 2.79. The second-order valence-electron chi connectivity index (χ2n) is 8.18. The number of benzene rings is 5. The molecule has 0 aromatic heterocycles. The van der Waals surface area contributed by atoms with E-state index in [0.717, 1.165) is 18.4 Å². The first-order valence-corrected chi connectivity index (χ1v) is 10.4. The fourth-order valence-corrected chi connectivity index (χ4v) is 5.07. The van der Waals surface area contributed by atoms with Crippen molar-refractivity contribution in [3.8, 4) is 0 Å². The molecule has 30 heavy (non-hydrogen) atoms. The van der Waals surface area contributed by atoms with Gasteiger partial charge in [0.05, 0.1) is 11.6 Å². The highest BCUT2D eigenvalue weighted by Gasteiger charge is 2.32. The molecular formula is C27H21NO2. The second-order valence-corrected chi connectivity index (χ2v) is 8.18.